The zero-order valence-electron chi connectivity index (χ0n) is 11.6. The summed E-state index contributed by atoms with van der Waals surface area (Å²) in [5.41, 5.74) is 6.90. The Morgan fingerprint density at radius 1 is 1.29 bits per heavy atom. The molecule has 0 spiro atoms. The van der Waals surface area contributed by atoms with Gasteiger partial charge in [-0.05, 0) is 32.7 Å². The number of aromatic nitrogens is 2. The highest BCUT2D eigenvalue weighted by Crippen LogP contribution is 2.20. The Hall–Kier alpha value is -1.16. The van der Waals surface area contributed by atoms with E-state index in [1.807, 2.05) is 19.9 Å². The van der Waals surface area contributed by atoms with E-state index in [1.54, 1.807) is 0 Å². The third-order valence-corrected chi connectivity index (χ3v) is 2.83. The van der Waals surface area contributed by atoms with E-state index in [0.29, 0.717) is 6.54 Å². The Morgan fingerprint density at radius 3 is 2.41 bits per heavy atom. The molecule has 0 aliphatic rings. The smallest absolute Gasteiger partial charge is 0.132 e. The van der Waals surface area contributed by atoms with Gasteiger partial charge in [0, 0.05) is 24.8 Å². The van der Waals surface area contributed by atoms with Gasteiger partial charge in [-0.25, -0.2) is 9.97 Å². The number of nitrogens with two attached hydrogens (primary N) is 1. The van der Waals surface area contributed by atoms with Gasteiger partial charge in [0.25, 0.3) is 0 Å². The van der Waals surface area contributed by atoms with Gasteiger partial charge in [-0.2, -0.15) is 0 Å². The van der Waals surface area contributed by atoms with Crippen molar-refractivity contribution in [2.75, 3.05) is 24.5 Å². The van der Waals surface area contributed by atoms with Crippen molar-refractivity contribution in [3.63, 3.8) is 0 Å². The molecule has 96 valence electrons. The van der Waals surface area contributed by atoms with E-state index in [9.17, 15) is 0 Å². The highest BCUT2D eigenvalue weighted by molar-refractivity contribution is 5.39. The number of anilines is 1. The van der Waals surface area contributed by atoms with Gasteiger partial charge in [0.15, 0.2) is 0 Å². The number of rotatable bonds is 5. The number of hydrogen-bond acceptors (Lipinski definition) is 4. The fourth-order valence-corrected chi connectivity index (χ4v) is 1.80. The summed E-state index contributed by atoms with van der Waals surface area (Å²) < 4.78 is 0. The quantitative estimate of drug-likeness (QED) is 0.848. The van der Waals surface area contributed by atoms with Crippen LogP contribution in [0.25, 0.3) is 0 Å². The largest absolute Gasteiger partial charge is 0.356 e. The summed E-state index contributed by atoms with van der Waals surface area (Å²) in [4.78, 5) is 11.1. The summed E-state index contributed by atoms with van der Waals surface area (Å²) in [5, 5.41) is 0. The van der Waals surface area contributed by atoms with E-state index in [-0.39, 0.29) is 5.41 Å². The first kappa shape index (κ1) is 13.9. The molecule has 0 atom stereocenters. The fraction of sp³-hybridized carbons (Fsp3) is 0.692. The second kappa shape index (κ2) is 5.45. The van der Waals surface area contributed by atoms with Crippen molar-refractivity contribution in [2.24, 2.45) is 11.1 Å². The van der Waals surface area contributed by atoms with Crippen molar-refractivity contribution in [3.8, 4) is 0 Å². The molecule has 1 aromatic heterocycles. The maximum absolute atomic E-state index is 5.79. The molecule has 0 aromatic carbocycles. The Kier molecular flexibility index (Phi) is 4.46. The van der Waals surface area contributed by atoms with Gasteiger partial charge in [0.2, 0.25) is 0 Å². The molecule has 0 saturated carbocycles. The summed E-state index contributed by atoms with van der Waals surface area (Å²) in [6.45, 7) is 12.9. The van der Waals surface area contributed by atoms with Crippen LogP contribution in [0.15, 0.2) is 6.07 Å². The molecule has 4 nitrogen and oxygen atoms in total. The maximum atomic E-state index is 5.79. The summed E-state index contributed by atoms with van der Waals surface area (Å²) in [7, 11) is 0. The third-order valence-electron chi connectivity index (χ3n) is 2.83. The average molecular weight is 236 g/mol. The number of aryl methyl sites for hydroxylation is 2. The normalized spacial score (nSPS) is 11.6. The minimum absolute atomic E-state index is 0.1000. The minimum atomic E-state index is 0.1000. The van der Waals surface area contributed by atoms with Crippen LogP contribution in [0.2, 0.25) is 0 Å². The molecule has 1 aromatic rings. The van der Waals surface area contributed by atoms with Crippen LogP contribution in [0.4, 0.5) is 5.82 Å². The lowest BCUT2D eigenvalue weighted by molar-refractivity contribution is 0.378. The Morgan fingerprint density at radius 2 is 1.94 bits per heavy atom. The van der Waals surface area contributed by atoms with Gasteiger partial charge in [0.1, 0.15) is 11.6 Å². The zero-order valence-corrected chi connectivity index (χ0v) is 11.6. The average Bonchev–Trinajstić information content (AvgIpc) is 2.24. The van der Waals surface area contributed by atoms with Crippen LogP contribution in [-0.2, 0) is 0 Å². The van der Waals surface area contributed by atoms with Crippen molar-refractivity contribution < 1.29 is 0 Å². The standard InChI is InChI=1S/C13H24N4/c1-6-17(9-13(4,5)8-14)12-7-10(2)15-11(3)16-12/h7H,6,8-9,14H2,1-5H3. The fourth-order valence-electron chi connectivity index (χ4n) is 1.80. The summed E-state index contributed by atoms with van der Waals surface area (Å²) >= 11 is 0. The van der Waals surface area contributed by atoms with E-state index in [4.69, 9.17) is 5.73 Å². The van der Waals surface area contributed by atoms with Crippen molar-refractivity contribution in [1.82, 2.24) is 9.97 Å². The summed E-state index contributed by atoms with van der Waals surface area (Å²) in [6.07, 6.45) is 0. The molecular weight excluding hydrogens is 212 g/mol. The highest BCUT2D eigenvalue weighted by atomic mass is 15.2. The van der Waals surface area contributed by atoms with Gasteiger partial charge in [-0.3, -0.25) is 0 Å². The zero-order chi connectivity index (χ0) is 13.1. The van der Waals surface area contributed by atoms with E-state index < -0.39 is 0 Å². The van der Waals surface area contributed by atoms with Crippen LogP contribution in [0.1, 0.15) is 32.3 Å². The lowest BCUT2D eigenvalue weighted by atomic mass is 9.93. The van der Waals surface area contributed by atoms with Crippen molar-refractivity contribution in [2.45, 2.75) is 34.6 Å². The molecule has 0 aliphatic heterocycles. The molecule has 0 fully saturated rings. The van der Waals surface area contributed by atoms with Crippen LogP contribution in [0, 0.1) is 19.3 Å². The molecule has 0 bridgehead atoms. The van der Waals surface area contributed by atoms with Gasteiger partial charge < -0.3 is 10.6 Å². The van der Waals surface area contributed by atoms with Crippen LogP contribution < -0.4 is 10.6 Å². The molecule has 17 heavy (non-hydrogen) atoms. The Labute approximate surface area is 104 Å². The van der Waals surface area contributed by atoms with Crippen molar-refractivity contribution in [3.05, 3.63) is 17.6 Å². The number of nitrogens with zero attached hydrogens (tertiary/aromatic N) is 3. The molecule has 0 amide bonds. The van der Waals surface area contributed by atoms with E-state index in [1.165, 1.54) is 0 Å². The molecule has 4 heteroatoms. The first-order valence-electron chi connectivity index (χ1n) is 6.15. The maximum Gasteiger partial charge on any atom is 0.132 e. The molecule has 2 N–H and O–H groups in total. The molecule has 0 unspecified atom stereocenters. The van der Waals surface area contributed by atoms with Gasteiger partial charge in [-0.15, -0.1) is 0 Å². The third kappa shape index (κ3) is 3.97. The lowest BCUT2D eigenvalue weighted by Crippen LogP contribution is -2.39. The molecule has 0 radical (unpaired) electrons. The highest BCUT2D eigenvalue weighted by Gasteiger charge is 2.20. The van der Waals surface area contributed by atoms with Gasteiger partial charge >= 0.3 is 0 Å². The second-order valence-electron chi connectivity index (χ2n) is 5.30. The van der Waals surface area contributed by atoms with E-state index >= 15 is 0 Å². The van der Waals surface area contributed by atoms with E-state index in [0.717, 1.165) is 30.4 Å². The molecule has 0 aliphatic carbocycles. The van der Waals surface area contributed by atoms with Crippen LogP contribution in [-0.4, -0.2) is 29.6 Å². The minimum Gasteiger partial charge on any atom is -0.356 e. The lowest BCUT2D eigenvalue weighted by Gasteiger charge is -2.32. The van der Waals surface area contributed by atoms with Gasteiger partial charge in [-0.1, -0.05) is 13.8 Å². The second-order valence-corrected chi connectivity index (χ2v) is 5.30. The topological polar surface area (TPSA) is 55.0 Å². The molecular formula is C13H24N4. The first-order chi connectivity index (χ1) is 7.88. The van der Waals surface area contributed by atoms with E-state index in [2.05, 4.69) is 35.6 Å². The molecule has 0 saturated heterocycles. The van der Waals surface area contributed by atoms with Crippen LogP contribution in [0.3, 0.4) is 0 Å². The predicted octanol–water partition coefficient (Wildman–Crippen LogP) is 1.90. The van der Waals surface area contributed by atoms with Gasteiger partial charge in [0.05, 0.1) is 0 Å². The first-order valence-corrected chi connectivity index (χ1v) is 6.15. The predicted molar refractivity (Wildman–Crippen MR) is 72.2 cm³/mol. The van der Waals surface area contributed by atoms with Crippen molar-refractivity contribution >= 4 is 5.82 Å². The monoisotopic (exact) mass is 236 g/mol. The Bertz CT molecular complexity index is 353. The summed E-state index contributed by atoms with van der Waals surface area (Å²) in [6, 6.07) is 2.03. The number of hydrogen-bond donors (Lipinski definition) is 1. The summed E-state index contributed by atoms with van der Waals surface area (Å²) in [5.74, 6) is 1.82. The van der Waals surface area contributed by atoms with Crippen LogP contribution >= 0.6 is 0 Å². The molecule has 1 heterocycles. The molecule has 1 rings (SSSR count). The van der Waals surface area contributed by atoms with Crippen molar-refractivity contribution in [1.29, 1.82) is 0 Å². The Balaban J connectivity index is 2.93. The SMILES string of the molecule is CCN(CC(C)(C)CN)c1cc(C)nc(C)n1. The van der Waals surface area contributed by atoms with Crippen LogP contribution in [0.5, 0.6) is 0 Å².